The number of carbonyl (C=O) groups excluding carboxylic acids is 2. The average molecular weight is 266 g/mol. The molecule has 3 rings (SSSR count). The van der Waals surface area contributed by atoms with Gasteiger partial charge in [-0.2, -0.15) is 0 Å². The van der Waals surface area contributed by atoms with Crippen LogP contribution in [0.5, 0.6) is 0 Å². The Bertz CT molecular complexity index is 460. The van der Waals surface area contributed by atoms with Gasteiger partial charge < -0.3 is 15.5 Å². The van der Waals surface area contributed by atoms with Gasteiger partial charge in [-0.1, -0.05) is 6.07 Å². The van der Waals surface area contributed by atoms with Crippen molar-refractivity contribution in [2.75, 3.05) is 19.6 Å². The molecule has 1 aromatic rings. The number of quaternary nitrogens is 1. The van der Waals surface area contributed by atoms with E-state index < -0.39 is 0 Å². The minimum atomic E-state index is -0.384. The van der Waals surface area contributed by atoms with Crippen molar-refractivity contribution in [3.05, 3.63) is 22.4 Å². The number of carbonyl (C=O) groups is 2. The highest BCUT2D eigenvalue weighted by molar-refractivity contribution is 7.09. The number of fused-ring (bicyclic) bond motifs is 1. The van der Waals surface area contributed by atoms with Crippen LogP contribution in [0.2, 0.25) is 0 Å². The molecule has 3 N–H and O–H groups in total. The van der Waals surface area contributed by atoms with Crippen LogP contribution >= 0.6 is 11.3 Å². The van der Waals surface area contributed by atoms with Gasteiger partial charge in [0, 0.05) is 11.3 Å². The molecule has 2 aliphatic heterocycles. The number of thiophene rings is 1. The van der Waals surface area contributed by atoms with Crippen molar-refractivity contribution in [2.45, 2.75) is 18.5 Å². The Morgan fingerprint density at radius 1 is 1.50 bits per heavy atom. The molecule has 2 fully saturated rings. The van der Waals surface area contributed by atoms with E-state index in [2.05, 4.69) is 10.6 Å². The molecule has 2 amide bonds. The molecule has 18 heavy (non-hydrogen) atoms. The van der Waals surface area contributed by atoms with Crippen LogP contribution in [0, 0.1) is 0 Å². The first-order chi connectivity index (χ1) is 8.75. The van der Waals surface area contributed by atoms with Gasteiger partial charge >= 0.3 is 0 Å². The number of nitrogens with zero attached hydrogens (tertiary/aromatic N) is 1. The van der Waals surface area contributed by atoms with Gasteiger partial charge in [0.15, 0.2) is 6.04 Å². The summed E-state index contributed by atoms with van der Waals surface area (Å²) in [6.45, 7) is 2.25. The van der Waals surface area contributed by atoms with Crippen LogP contribution in [0.3, 0.4) is 0 Å². The maximum Gasteiger partial charge on any atom is 0.249 e. The Labute approximate surface area is 109 Å². The van der Waals surface area contributed by atoms with Crippen molar-refractivity contribution in [1.82, 2.24) is 10.2 Å². The average Bonchev–Trinajstić information content (AvgIpc) is 2.89. The number of rotatable bonds is 2. The van der Waals surface area contributed by atoms with E-state index in [4.69, 9.17) is 0 Å². The summed E-state index contributed by atoms with van der Waals surface area (Å²) >= 11 is 1.62. The van der Waals surface area contributed by atoms with Crippen molar-refractivity contribution < 1.29 is 14.9 Å². The molecular weight excluding hydrogens is 250 g/mol. The second-order valence-corrected chi connectivity index (χ2v) is 5.74. The number of piperazine rings is 2. The molecule has 1 aromatic heterocycles. The minimum Gasteiger partial charge on any atom is -0.343 e. The summed E-state index contributed by atoms with van der Waals surface area (Å²) in [4.78, 5) is 27.2. The molecule has 0 aromatic carbocycles. The predicted octanol–water partition coefficient (Wildman–Crippen LogP) is -1.44. The van der Waals surface area contributed by atoms with Crippen LogP contribution < -0.4 is 10.6 Å². The molecule has 96 valence electrons. The Morgan fingerprint density at radius 2 is 2.39 bits per heavy atom. The molecule has 6 heteroatoms. The van der Waals surface area contributed by atoms with Crippen molar-refractivity contribution in [1.29, 1.82) is 0 Å². The molecule has 0 spiro atoms. The second kappa shape index (κ2) is 4.70. The maximum atomic E-state index is 12.3. The molecule has 2 aliphatic rings. The SMILES string of the molecule is O=C1N[C@@H](Cc2cccs2)C(=O)N2CC[NH2+]C[C@H]12. The summed E-state index contributed by atoms with van der Waals surface area (Å²) < 4.78 is 0. The lowest BCUT2D eigenvalue weighted by atomic mass is 10.0. The molecule has 0 saturated carbocycles. The topological polar surface area (TPSA) is 66.0 Å². The first kappa shape index (κ1) is 11.7. The Balaban J connectivity index is 1.76. The summed E-state index contributed by atoms with van der Waals surface area (Å²) in [6.07, 6.45) is 0.606. The number of hydrogen-bond donors (Lipinski definition) is 2. The Morgan fingerprint density at radius 3 is 3.17 bits per heavy atom. The van der Waals surface area contributed by atoms with Crippen molar-refractivity contribution in [3.63, 3.8) is 0 Å². The zero-order valence-corrected chi connectivity index (χ0v) is 10.8. The highest BCUT2D eigenvalue weighted by Gasteiger charge is 2.43. The van der Waals surface area contributed by atoms with E-state index in [1.54, 1.807) is 16.2 Å². The number of nitrogens with one attached hydrogen (secondary N) is 1. The quantitative estimate of drug-likeness (QED) is 0.689. The fraction of sp³-hybridized carbons (Fsp3) is 0.500. The molecule has 3 heterocycles. The zero-order chi connectivity index (χ0) is 12.5. The summed E-state index contributed by atoms with van der Waals surface area (Å²) in [5.41, 5.74) is 0. The van der Waals surface area contributed by atoms with Gasteiger partial charge in [0.05, 0.1) is 13.1 Å². The summed E-state index contributed by atoms with van der Waals surface area (Å²) in [7, 11) is 0. The van der Waals surface area contributed by atoms with Gasteiger partial charge in [-0.05, 0) is 11.4 Å². The standard InChI is InChI=1S/C12H15N3O2S/c16-11-10-7-13-3-4-15(10)12(17)9(14-11)6-8-2-1-5-18-8/h1-2,5,9-10,13H,3-4,6-7H2,(H,14,16)/p+1/t9-,10+/m0/s1. The fourth-order valence-electron chi connectivity index (χ4n) is 2.60. The van der Waals surface area contributed by atoms with Crippen LogP contribution in [0.1, 0.15) is 4.88 Å². The zero-order valence-electron chi connectivity index (χ0n) is 9.96. The minimum absolute atomic E-state index is 0.00731. The molecule has 0 bridgehead atoms. The number of nitrogens with two attached hydrogens (primary N) is 1. The first-order valence-electron chi connectivity index (χ1n) is 6.20. The van der Waals surface area contributed by atoms with Crippen molar-refractivity contribution in [3.8, 4) is 0 Å². The first-order valence-corrected chi connectivity index (χ1v) is 7.08. The van der Waals surface area contributed by atoms with Gasteiger partial charge in [0.2, 0.25) is 11.8 Å². The van der Waals surface area contributed by atoms with Crippen LogP contribution in [-0.4, -0.2) is 48.4 Å². The van der Waals surface area contributed by atoms with Crippen molar-refractivity contribution in [2.24, 2.45) is 0 Å². The predicted molar refractivity (Wildman–Crippen MR) is 67.1 cm³/mol. The van der Waals surface area contributed by atoms with E-state index in [1.807, 2.05) is 17.5 Å². The van der Waals surface area contributed by atoms with Crippen LogP contribution in [-0.2, 0) is 16.0 Å². The smallest absolute Gasteiger partial charge is 0.249 e. The van der Waals surface area contributed by atoms with Crippen LogP contribution in [0.15, 0.2) is 17.5 Å². The van der Waals surface area contributed by atoms with Crippen LogP contribution in [0.4, 0.5) is 0 Å². The molecule has 5 nitrogen and oxygen atoms in total. The summed E-state index contributed by atoms with van der Waals surface area (Å²) in [5, 5.41) is 6.94. The fourth-order valence-corrected chi connectivity index (χ4v) is 3.35. The van der Waals surface area contributed by atoms with E-state index in [9.17, 15) is 9.59 Å². The summed E-state index contributed by atoms with van der Waals surface area (Å²) in [5.74, 6) is 0.0632. The molecular formula is C12H16N3O2S+. The Kier molecular flexibility index (Phi) is 3.05. The molecule has 0 radical (unpaired) electrons. The van der Waals surface area contributed by atoms with Crippen LogP contribution in [0.25, 0.3) is 0 Å². The van der Waals surface area contributed by atoms with Gasteiger partial charge in [-0.3, -0.25) is 9.59 Å². The lowest BCUT2D eigenvalue weighted by molar-refractivity contribution is -0.665. The monoisotopic (exact) mass is 266 g/mol. The summed E-state index contributed by atoms with van der Waals surface area (Å²) in [6, 6.07) is 3.31. The highest BCUT2D eigenvalue weighted by atomic mass is 32.1. The van der Waals surface area contributed by atoms with E-state index in [0.29, 0.717) is 19.5 Å². The van der Waals surface area contributed by atoms with E-state index in [1.165, 1.54) is 0 Å². The Hall–Kier alpha value is -1.40. The third-order valence-corrected chi connectivity index (χ3v) is 4.42. The number of amides is 2. The molecule has 0 unspecified atom stereocenters. The number of hydrogen-bond acceptors (Lipinski definition) is 3. The molecule has 0 aliphatic carbocycles. The highest BCUT2D eigenvalue weighted by Crippen LogP contribution is 2.16. The normalized spacial score (nSPS) is 27.9. The van der Waals surface area contributed by atoms with Gasteiger partial charge in [0.25, 0.3) is 0 Å². The van der Waals surface area contributed by atoms with Gasteiger partial charge in [-0.25, -0.2) is 0 Å². The van der Waals surface area contributed by atoms with E-state index in [-0.39, 0.29) is 23.9 Å². The van der Waals surface area contributed by atoms with E-state index >= 15 is 0 Å². The molecule has 2 saturated heterocycles. The lowest BCUT2D eigenvalue weighted by Crippen LogP contribution is -2.94. The van der Waals surface area contributed by atoms with Gasteiger partial charge in [0.1, 0.15) is 12.6 Å². The van der Waals surface area contributed by atoms with E-state index in [0.717, 1.165) is 11.4 Å². The second-order valence-electron chi connectivity index (χ2n) is 4.71. The third-order valence-electron chi connectivity index (χ3n) is 3.53. The molecule has 2 atom stereocenters. The third kappa shape index (κ3) is 2.02. The largest absolute Gasteiger partial charge is 0.343 e. The maximum absolute atomic E-state index is 12.3. The lowest BCUT2D eigenvalue weighted by Gasteiger charge is -2.40. The van der Waals surface area contributed by atoms with Gasteiger partial charge in [-0.15, -0.1) is 11.3 Å². The van der Waals surface area contributed by atoms with Crippen molar-refractivity contribution >= 4 is 23.2 Å².